The molecule has 11 heteroatoms. The van der Waals surface area contributed by atoms with E-state index in [0.717, 1.165) is 5.01 Å². The molecule has 4 rings (SSSR count). The summed E-state index contributed by atoms with van der Waals surface area (Å²) in [6, 6.07) is 10.8. The first kappa shape index (κ1) is 29.8. The van der Waals surface area contributed by atoms with E-state index in [1.54, 1.807) is 48.8 Å². The van der Waals surface area contributed by atoms with Crippen LogP contribution in [-0.2, 0) is 27.2 Å². The van der Waals surface area contributed by atoms with Crippen LogP contribution in [0.3, 0.4) is 0 Å². The van der Waals surface area contributed by atoms with Gasteiger partial charge in [0.1, 0.15) is 12.2 Å². The quantitative estimate of drug-likeness (QED) is 0.324. The van der Waals surface area contributed by atoms with Crippen molar-refractivity contribution in [2.24, 2.45) is 5.41 Å². The summed E-state index contributed by atoms with van der Waals surface area (Å²) in [5.41, 5.74) is 1.87. The molecular weight excluding hydrogens is 556 g/mol. The number of carbonyl (C=O) groups excluding carboxylic acids is 1. The Kier molecular flexibility index (Phi) is 9.35. The van der Waals surface area contributed by atoms with Crippen LogP contribution in [0.25, 0.3) is 0 Å². The fourth-order valence-corrected chi connectivity index (χ4v) is 5.71. The van der Waals surface area contributed by atoms with Crippen molar-refractivity contribution < 1.29 is 34.0 Å². The molecule has 9 nitrogen and oxygen atoms in total. The highest BCUT2D eigenvalue weighted by Gasteiger charge is 2.39. The number of aliphatic hydroxyl groups is 1. The fourth-order valence-electron chi connectivity index (χ4n) is 4.72. The molecule has 0 saturated heterocycles. The molecule has 1 aliphatic heterocycles. The minimum Gasteiger partial charge on any atom is -0.493 e. The number of anilines is 1. The van der Waals surface area contributed by atoms with Crippen LogP contribution in [-0.4, -0.2) is 60.5 Å². The van der Waals surface area contributed by atoms with Crippen LogP contribution >= 0.6 is 22.9 Å². The van der Waals surface area contributed by atoms with E-state index in [9.17, 15) is 14.7 Å². The molecule has 2 N–H and O–H groups in total. The number of nitrogens with zero attached hydrogens (tertiary/aromatic N) is 2. The van der Waals surface area contributed by atoms with E-state index in [-0.39, 0.29) is 25.5 Å². The standard InChI is InChI=1S/C29H33ClN2O7S/c1-29(2,16-33)15-32-21-9-8-17(30)12-20(21)26(19-6-5-7-22(37-3)27(19)38-4)39-23(28(32)36)10-11-24-31-18(14-40-24)13-25(34)35/h5-9,12,14,23,26,33H,10-11,13,15-16H2,1-4H3,(H,34,35). The molecule has 2 aromatic carbocycles. The second-order valence-electron chi connectivity index (χ2n) is 10.4. The predicted molar refractivity (Wildman–Crippen MR) is 153 cm³/mol. The van der Waals surface area contributed by atoms with Gasteiger partial charge < -0.3 is 29.3 Å². The Morgan fingerprint density at radius 2 is 1.98 bits per heavy atom. The van der Waals surface area contributed by atoms with Gasteiger partial charge in [0.05, 0.1) is 31.3 Å². The maximum atomic E-state index is 14.1. The zero-order valence-electron chi connectivity index (χ0n) is 22.8. The number of halogens is 1. The topological polar surface area (TPSA) is 118 Å². The number of thiazole rings is 1. The monoisotopic (exact) mass is 588 g/mol. The highest BCUT2D eigenvalue weighted by atomic mass is 35.5. The third-order valence-corrected chi connectivity index (χ3v) is 7.88. The van der Waals surface area contributed by atoms with Crippen molar-refractivity contribution >= 4 is 40.5 Å². The number of para-hydroxylation sites is 1. The Labute approximate surface area is 242 Å². The van der Waals surface area contributed by atoms with Gasteiger partial charge >= 0.3 is 5.97 Å². The van der Waals surface area contributed by atoms with E-state index >= 15 is 0 Å². The van der Waals surface area contributed by atoms with Crippen molar-refractivity contribution in [2.75, 3.05) is 32.3 Å². The summed E-state index contributed by atoms with van der Waals surface area (Å²) in [7, 11) is 3.10. The average Bonchev–Trinajstić information content (AvgIpc) is 3.33. The predicted octanol–water partition coefficient (Wildman–Crippen LogP) is 4.91. The van der Waals surface area contributed by atoms with E-state index < -0.39 is 23.6 Å². The van der Waals surface area contributed by atoms with Crippen molar-refractivity contribution in [1.29, 1.82) is 0 Å². The Bertz CT molecular complexity index is 1380. The minimum atomic E-state index is -0.951. The lowest BCUT2D eigenvalue weighted by Gasteiger charge is -2.32. The summed E-state index contributed by atoms with van der Waals surface area (Å²) in [5, 5.41) is 22.1. The first-order valence-electron chi connectivity index (χ1n) is 12.8. The number of carboxylic acids is 1. The van der Waals surface area contributed by atoms with E-state index in [1.807, 2.05) is 26.0 Å². The van der Waals surface area contributed by atoms with Crippen LogP contribution in [0.1, 0.15) is 48.2 Å². The molecular formula is C29H33ClN2O7S. The van der Waals surface area contributed by atoms with E-state index in [1.165, 1.54) is 11.3 Å². The average molecular weight is 589 g/mol. The van der Waals surface area contributed by atoms with Gasteiger partial charge in [-0.15, -0.1) is 11.3 Å². The number of aliphatic hydroxyl groups excluding tert-OH is 1. The van der Waals surface area contributed by atoms with Gasteiger partial charge in [0, 0.05) is 52.2 Å². The number of benzene rings is 2. The van der Waals surface area contributed by atoms with E-state index in [4.69, 9.17) is 30.9 Å². The Morgan fingerprint density at radius 1 is 1.20 bits per heavy atom. The van der Waals surface area contributed by atoms with Gasteiger partial charge in [0.25, 0.3) is 5.91 Å². The molecule has 2 unspecified atom stereocenters. The van der Waals surface area contributed by atoms with Crippen molar-refractivity contribution in [1.82, 2.24) is 4.98 Å². The molecule has 40 heavy (non-hydrogen) atoms. The second-order valence-corrected chi connectivity index (χ2v) is 11.8. The molecule has 0 aliphatic carbocycles. The van der Waals surface area contributed by atoms with E-state index in [2.05, 4.69) is 4.98 Å². The largest absolute Gasteiger partial charge is 0.493 e. The SMILES string of the molecule is COc1cccc(C2OC(CCc3nc(CC(=O)O)cs3)C(=O)N(CC(C)(C)CO)c3ccc(Cl)cc32)c1OC. The highest BCUT2D eigenvalue weighted by Crippen LogP contribution is 2.45. The van der Waals surface area contributed by atoms with Gasteiger partial charge in [0.15, 0.2) is 11.5 Å². The van der Waals surface area contributed by atoms with Crippen LogP contribution in [0.2, 0.25) is 5.02 Å². The summed E-state index contributed by atoms with van der Waals surface area (Å²) in [6.07, 6.45) is -1.05. The van der Waals surface area contributed by atoms with Gasteiger partial charge in [-0.05, 0) is 30.7 Å². The molecule has 0 fully saturated rings. The van der Waals surface area contributed by atoms with Crippen LogP contribution in [0, 0.1) is 5.41 Å². The van der Waals surface area contributed by atoms with Crippen molar-refractivity contribution in [3.63, 3.8) is 0 Å². The lowest BCUT2D eigenvalue weighted by Crippen LogP contribution is -2.45. The zero-order valence-corrected chi connectivity index (χ0v) is 24.4. The number of carboxylic acid groups (broad SMARTS) is 1. The van der Waals surface area contributed by atoms with Gasteiger partial charge in [-0.25, -0.2) is 4.98 Å². The molecule has 1 amide bonds. The second kappa shape index (κ2) is 12.6. The number of hydrogen-bond acceptors (Lipinski definition) is 8. The Morgan fingerprint density at radius 3 is 2.65 bits per heavy atom. The molecule has 0 radical (unpaired) electrons. The van der Waals surface area contributed by atoms with Crippen LogP contribution in [0.15, 0.2) is 41.8 Å². The number of aryl methyl sites for hydroxylation is 1. The Balaban J connectivity index is 1.80. The van der Waals surface area contributed by atoms with Gasteiger partial charge in [-0.2, -0.15) is 0 Å². The van der Waals surface area contributed by atoms with Crippen LogP contribution in [0.4, 0.5) is 5.69 Å². The Hall–Kier alpha value is -3.18. The van der Waals surface area contributed by atoms with E-state index in [0.29, 0.717) is 51.9 Å². The number of aliphatic carboxylic acids is 1. The molecule has 0 saturated carbocycles. The number of fused-ring (bicyclic) bond motifs is 1. The molecule has 214 valence electrons. The molecule has 2 atom stereocenters. The number of hydrogen-bond donors (Lipinski definition) is 2. The van der Waals surface area contributed by atoms with Crippen molar-refractivity contribution in [2.45, 2.75) is 45.3 Å². The van der Waals surface area contributed by atoms with Crippen molar-refractivity contribution in [3.05, 3.63) is 68.6 Å². The van der Waals surface area contributed by atoms with Crippen molar-refractivity contribution in [3.8, 4) is 11.5 Å². The molecule has 2 heterocycles. The number of aromatic nitrogens is 1. The summed E-state index contributed by atoms with van der Waals surface area (Å²) in [6.45, 7) is 3.90. The minimum absolute atomic E-state index is 0.121. The van der Waals surface area contributed by atoms with Gasteiger partial charge in [-0.1, -0.05) is 37.6 Å². The number of ether oxygens (including phenoxy) is 3. The number of methoxy groups -OCH3 is 2. The number of amides is 1. The van der Waals surface area contributed by atoms with Gasteiger partial charge in [0.2, 0.25) is 0 Å². The normalized spacial score (nSPS) is 17.4. The molecule has 0 bridgehead atoms. The van der Waals surface area contributed by atoms with Gasteiger partial charge in [-0.3, -0.25) is 9.59 Å². The molecule has 1 aliphatic rings. The first-order chi connectivity index (χ1) is 19.1. The lowest BCUT2D eigenvalue weighted by molar-refractivity contribution is -0.136. The summed E-state index contributed by atoms with van der Waals surface area (Å²) in [4.78, 5) is 31.3. The third-order valence-electron chi connectivity index (χ3n) is 6.69. The summed E-state index contributed by atoms with van der Waals surface area (Å²) >= 11 is 7.83. The maximum absolute atomic E-state index is 14.1. The first-order valence-corrected chi connectivity index (χ1v) is 14.1. The molecule has 1 aromatic heterocycles. The fraction of sp³-hybridized carbons (Fsp3) is 0.414. The number of rotatable bonds is 11. The smallest absolute Gasteiger partial charge is 0.309 e. The summed E-state index contributed by atoms with van der Waals surface area (Å²) in [5.74, 6) is -0.203. The highest BCUT2D eigenvalue weighted by molar-refractivity contribution is 7.09. The molecule has 0 spiro atoms. The summed E-state index contributed by atoms with van der Waals surface area (Å²) < 4.78 is 17.9. The lowest BCUT2D eigenvalue weighted by atomic mass is 9.92. The maximum Gasteiger partial charge on any atom is 0.309 e. The zero-order chi connectivity index (χ0) is 29.0. The number of carbonyl (C=O) groups is 2. The van der Waals surface area contributed by atoms with Crippen LogP contribution in [0.5, 0.6) is 11.5 Å². The van der Waals surface area contributed by atoms with Crippen LogP contribution < -0.4 is 14.4 Å². The third kappa shape index (κ3) is 6.58. The molecule has 3 aromatic rings.